The highest BCUT2D eigenvalue weighted by molar-refractivity contribution is 6.10. The van der Waals surface area contributed by atoms with Gasteiger partial charge in [0, 0.05) is 30.2 Å². The smallest absolute Gasteiger partial charge is 0.338 e. The first-order chi connectivity index (χ1) is 28.8. The van der Waals surface area contributed by atoms with Gasteiger partial charge in [-0.1, -0.05) is 43.5 Å². The molecule has 0 radical (unpaired) electrons. The summed E-state index contributed by atoms with van der Waals surface area (Å²) in [6, 6.07) is 21.3. The van der Waals surface area contributed by atoms with E-state index in [1.165, 1.54) is 7.05 Å². The fourth-order valence-electron chi connectivity index (χ4n) is 6.68. The van der Waals surface area contributed by atoms with Gasteiger partial charge in [0.25, 0.3) is 5.91 Å². The monoisotopic (exact) mass is 819 g/mol. The molecule has 1 fully saturated rings. The summed E-state index contributed by atoms with van der Waals surface area (Å²) in [6.45, 7) is 12.2. The van der Waals surface area contributed by atoms with E-state index in [1.807, 2.05) is 36.4 Å². The number of imide groups is 1. The van der Waals surface area contributed by atoms with Crippen LogP contribution in [0.2, 0.25) is 0 Å². The molecule has 60 heavy (non-hydrogen) atoms. The van der Waals surface area contributed by atoms with Gasteiger partial charge in [0.05, 0.1) is 37.9 Å². The Hall–Kier alpha value is -6.30. The van der Waals surface area contributed by atoms with Crippen molar-refractivity contribution in [3.05, 3.63) is 108 Å². The molecule has 1 aliphatic rings. The summed E-state index contributed by atoms with van der Waals surface area (Å²) in [6.07, 6.45) is 5.13. The number of benzene rings is 4. The minimum absolute atomic E-state index is 0.196. The Balaban J connectivity index is 1.10. The number of hydrogen-bond donors (Lipinski definition) is 0. The average Bonchev–Trinajstić information content (AvgIpc) is 3.43. The van der Waals surface area contributed by atoms with Gasteiger partial charge in [-0.25, -0.2) is 14.4 Å². The zero-order valence-electron chi connectivity index (χ0n) is 34.6. The van der Waals surface area contributed by atoms with Crippen LogP contribution >= 0.6 is 0 Å². The van der Waals surface area contributed by atoms with Crippen LogP contribution in [-0.4, -0.2) is 80.0 Å². The van der Waals surface area contributed by atoms with Gasteiger partial charge in [-0.05, 0) is 129 Å². The number of likely N-dealkylation sites (tertiary alicyclic amines) is 1. The lowest BCUT2D eigenvalue weighted by Crippen LogP contribution is -2.32. The van der Waals surface area contributed by atoms with Crippen molar-refractivity contribution in [1.82, 2.24) is 4.90 Å². The Morgan fingerprint density at radius 2 is 1.00 bits per heavy atom. The third-order valence-corrected chi connectivity index (χ3v) is 10.2. The van der Waals surface area contributed by atoms with Crippen molar-refractivity contribution in [3.63, 3.8) is 0 Å². The maximum atomic E-state index is 13.5. The number of nitrogens with zero attached hydrogens (tertiary/aromatic N) is 1. The molecular weight excluding hydrogens is 767 g/mol. The largest absolute Gasteiger partial charge is 0.494 e. The number of fused-ring (bicyclic) bond motifs is 2. The van der Waals surface area contributed by atoms with Crippen LogP contribution in [0.4, 0.5) is 0 Å². The van der Waals surface area contributed by atoms with Crippen molar-refractivity contribution in [2.24, 2.45) is 5.92 Å². The molecule has 4 aromatic carbocycles. The second kappa shape index (κ2) is 21.6. The van der Waals surface area contributed by atoms with Crippen LogP contribution in [-0.2, 0) is 33.4 Å². The molecule has 4 aromatic rings. The van der Waals surface area contributed by atoms with Crippen molar-refractivity contribution in [2.45, 2.75) is 77.7 Å². The molecule has 2 atom stereocenters. The van der Waals surface area contributed by atoms with E-state index < -0.39 is 29.8 Å². The fourth-order valence-corrected chi connectivity index (χ4v) is 6.68. The number of carbonyl (C=O) groups excluding carboxylic acids is 6. The third kappa shape index (κ3) is 12.4. The number of Topliss-reactive ketones (excluding diaryl/α,β-unsaturated/α-hetero) is 1. The van der Waals surface area contributed by atoms with E-state index in [2.05, 4.69) is 13.2 Å². The average molecular weight is 820 g/mol. The zero-order chi connectivity index (χ0) is 43.2. The maximum absolute atomic E-state index is 13.5. The highest BCUT2D eigenvalue weighted by atomic mass is 16.6. The Labute approximate surface area is 350 Å². The molecule has 316 valence electrons. The normalized spacial score (nSPS) is 14.9. The van der Waals surface area contributed by atoms with Gasteiger partial charge in [-0.15, -0.1) is 0 Å². The molecule has 0 spiro atoms. The lowest BCUT2D eigenvalue weighted by atomic mass is 9.93. The van der Waals surface area contributed by atoms with Gasteiger partial charge in [-0.3, -0.25) is 19.3 Å². The first-order valence-electron chi connectivity index (χ1n) is 20.4. The van der Waals surface area contributed by atoms with E-state index in [9.17, 15) is 28.8 Å². The fraction of sp³-hybridized carbons (Fsp3) is 0.375. The first-order valence-corrected chi connectivity index (χ1v) is 20.4. The lowest BCUT2D eigenvalue weighted by molar-refractivity contribution is -0.140. The topological polar surface area (TPSA) is 152 Å². The highest BCUT2D eigenvalue weighted by Gasteiger charge is 2.49. The summed E-state index contributed by atoms with van der Waals surface area (Å²) in [5.74, 6) is -2.95. The number of amides is 2. The van der Waals surface area contributed by atoms with E-state index in [0.29, 0.717) is 54.6 Å². The SMILES string of the molecule is C=C(C)C(=O)OCCCCCCOc1ccc2cc(C(=O)C[C@H]3C(=O)N(C)C(=O)[C@@H]3OC(=O)c3ccc4cc(OCCCCCCOC(=O)C(=C)C)ccc4c3)ccc2c1. The van der Waals surface area contributed by atoms with E-state index in [0.717, 1.165) is 77.8 Å². The number of hydrogen-bond acceptors (Lipinski definition) is 11. The molecule has 0 unspecified atom stereocenters. The van der Waals surface area contributed by atoms with Crippen LogP contribution in [0.15, 0.2) is 97.1 Å². The van der Waals surface area contributed by atoms with Gasteiger partial charge >= 0.3 is 17.9 Å². The number of carbonyl (C=O) groups is 6. The molecule has 0 bridgehead atoms. The molecule has 1 heterocycles. The Kier molecular flexibility index (Phi) is 16.1. The van der Waals surface area contributed by atoms with E-state index in [1.54, 1.807) is 50.2 Å². The summed E-state index contributed by atoms with van der Waals surface area (Å²) >= 11 is 0. The molecular formula is C48H53NO11. The number of rotatable bonds is 23. The number of likely N-dealkylation sites (N-methyl/N-ethyl adjacent to an activating group) is 1. The number of ether oxygens (including phenoxy) is 5. The van der Waals surface area contributed by atoms with Gasteiger partial charge < -0.3 is 23.7 Å². The molecule has 1 aliphatic heterocycles. The lowest BCUT2D eigenvalue weighted by Gasteiger charge is -2.16. The summed E-state index contributed by atoms with van der Waals surface area (Å²) in [4.78, 5) is 77.1. The zero-order valence-corrected chi connectivity index (χ0v) is 34.6. The van der Waals surface area contributed by atoms with Gasteiger partial charge in [0.1, 0.15) is 11.5 Å². The summed E-state index contributed by atoms with van der Waals surface area (Å²) in [7, 11) is 1.32. The van der Waals surface area contributed by atoms with Crippen molar-refractivity contribution < 1.29 is 52.5 Å². The number of esters is 3. The third-order valence-electron chi connectivity index (χ3n) is 10.2. The standard InChI is InChI=1S/C48H53NO11/c1-31(2)46(53)58-24-12-8-6-10-22-56-39-20-18-33-26-37(16-14-35(33)28-39)42(50)30-41-43(45(52)49(5)44(41)51)60-48(55)38-17-15-36-29-40(21-19-34(36)27-38)57-23-11-7-9-13-25-59-47(54)32(3)4/h14-21,26-29,41,43H,1,3,6-13,22-25,30H2,2,4-5H3/t41-,43-/m1/s1. The Bertz CT molecular complexity index is 2100. The van der Waals surface area contributed by atoms with Crippen LogP contribution in [0.1, 0.15) is 92.4 Å². The molecule has 0 aliphatic carbocycles. The summed E-state index contributed by atoms with van der Waals surface area (Å²) in [5.41, 5.74) is 1.34. The second-order valence-corrected chi connectivity index (χ2v) is 15.1. The van der Waals surface area contributed by atoms with Crippen molar-refractivity contribution in [2.75, 3.05) is 33.5 Å². The van der Waals surface area contributed by atoms with E-state index in [4.69, 9.17) is 23.7 Å². The van der Waals surface area contributed by atoms with Crippen molar-refractivity contribution in [1.29, 1.82) is 0 Å². The molecule has 2 amide bonds. The molecule has 0 aromatic heterocycles. The van der Waals surface area contributed by atoms with Gasteiger partial charge in [0.2, 0.25) is 5.91 Å². The van der Waals surface area contributed by atoms with E-state index >= 15 is 0 Å². The van der Waals surface area contributed by atoms with Crippen LogP contribution in [0.5, 0.6) is 11.5 Å². The first kappa shape index (κ1) is 44.8. The van der Waals surface area contributed by atoms with Crippen LogP contribution in [0.25, 0.3) is 21.5 Å². The molecule has 12 nitrogen and oxygen atoms in total. The molecule has 0 N–H and O–H groups in total. The Morgan fingerprint density at radius 1 is 0.567 bits per heavy atom. The quantitative estimate of drug-likeness (QED) is 0.0177. The van der Waals surface area contributed by atoms with Crippen molar-refractivity contribution in [3.8, 4) is 11.5 Å². The van der Waals surface area contributed by atoms with Crippen LogP contribution in [0.3, 0.4) is 0 Å². The van der Waals surface area contributed by atoms with Crippen LogP contribution in [0, 0.1) is 5.92 Å². The van der Waals surface area contributed by atoms with Crippen molar-refractivity contribution >= 4 is 57.1 Å². The van der Waals surface area contributed by atoms with Crippen LogP contribution < -0.4 is 9.47 Å². The minimum Gasteiger partial charge on any atom is -0.494 e. The summed E-state index contributed by atoms with van der Waals surface area (Å²) in [5, 5.41) is 3.25. The molecule has 0 saturated carbocycles. The second-order valence-electron chi connectivity index (χ2n) is 15.1. The number of unbranched alkanes of at least 4 members (excludes halogenated alkanes) is 6. The molecule has 1 saturated heterocycles. The maximum Gasteiger partial charge on any atom is 0.338 e. The highest BCUT2D eigenvalue weighted by Crippen LogP contribution is 2.30. The summed E-state index contributed by atoms with van der Waals surface area (Å²) < 4.78 is 27.7. The van der Waals surface area contributed by atoms with E-state index in [-0.39, 0.29) is 29.7 Å². The predicted octanol–water partition coefficient (Wildman–Crippen LogP) is 8.52. The predicted molar refractivity (Wildman–Crippen MR) is 227 cm³/mol. The van der Waals surface area contributed by atoms with Gasteiger partial charge in [0.15, 0.2) is 11.9 Å². The molecule has 5 rings (SSSR count). The van der Waals surface area contributed by atoms with Gasteiger partial charge in [-0.2, -0.15) is 0 Å². The minimum atomic E-state index is -1.45. The molecule has 12 heteroatoms. The number of ketones is 1. The Morgan fingerprint density at radius 3 is 1.50 bits per heavy atom.